The van der Waals surface area contributed by atoms with Gasteiger partial charge in [0.05, 0.1) is 18.2 Å². The molecule has 0 aliphatic heterocycles. The molecule has 1 N–H and O–H groups in total. The molecule has 0 saturated carbocycles. The van der Waals surface area contributed by atoms with Crippen molar-refractivity contribution in [2.75, 3.05) is 12.4 Å². The Morgan fingerprint density at radius 3 is 2.81 bits per heavy atom. The first-order valence-corrected chi connectivity index (χ1v) is 9.12. The van der Waals surface area contributed by atoms with E-state index in [4.69, 9.17) is 26.3 Å². The molecule has 3 aromatic heterocycles. The summed E-state index contributed by atoms with van der Waals surface area (Å²) in [6, 6.07) is 11.3. The first-order valence-electron chi connectivity index (χ1n) is 7.93. The average Bonchev–Trinajstić information content (AvgIpc) is 3.03. The van der Waals surface area contributed by atoms with Crippen LogP contribution in [-0.2, 0) is 0 Å². The number of benzene rings is 1. The van der Waals surface area contributed by atoms with Crippen molar-refractivity contribution in [1.82, 2.24) is 15.0 Å². The second-order valence-corrected chi connectivity index (χ2v) is 7.35. The molecule has 0 bridgehead atoms. The van der Waals surface area contributed by atoms with E-state index in [-0.39, 0.29) is 0 Å². The van der Waals surface area contributed by atoms with Gasteiger partial charge < -0.3 is 10.1 Å². The molecule has 26 heavy (non-hydrogen) atoms. The molecule has 5 nitrogen and oxygen atoms in total. The zero-order valence-electron chi connectivity index (χ0n) is 14.2. The number of hydrogen-bond donors (Lipinski definition) is 1. The first kappa shape index (κ1) is 16.8. The van der Waals surface area contributed by atoms with Crippen LogP contribution in [-0.4, -0.2) is 22.1 Å². The summed E-state index contributed by atoms with van der Waals surface area (Å²) < 4.78 is 5.43. The maximum absolute atomic E-state index is 6.16. The van der Waals surface area contributed by atoms with Gasteiger partial charge in [0.1, 0.15) is 16.4 Å². The molecule has 0 aliphatic rings. The van der Waals surface area contributed by atoms with Crippen molar-refractivity contribution in [3.63, 3.8) is 0 Å². The van der Waals surface area contributed by atoms with E-state index in [1.54, 1.807) is 36.9 Å². The highest BCUT2D eigenvalue weighted by Gasteiger charge is 2.14. The fourth-order valence-corrected chi connectivity index (χ4v) is 3.72. The monoisotopic (exact) mass is 382 g/mol. The van der Waals surface area contributed by atoms with Gasteiger partial charge in [0.15, 0.2) is 5.82 Å². The molecular weight excluding hydrogens is 368 g/mol. The van der Waals surface area contributed by atoms with Crippen LogP contribution in [0.1, 0.15) is 4.88 Å². The Kier molecular flexibility index (Phi) is 4.44. The number of rotatable bonds is 4. The summed E-state index contributed by atoms with van der Waals surface area (Å²) in [4.78, 5) is 15.7. The molecule has 0 fully saturated rings. The standard InChI is InChI=1S/C19H15ClN4OS/c1-11-8-14-18(22-15-9-13(20)5-6-16(15)25-2)23-17(24-19(14)26-11)12-4-3-7-21-10-12/h3-10H,1-2H3,(H,22,23,24). The van der Waals surface area contributed by atoms with Crippen molar-refractivity contribution >= 4 is 44.7 Å². The number of aryl methyl sites for hydroxylation is 1. The predicted octanol–water partition coefficient (Wildman–Crippen LogP) is 5.47. The molecular formula is C19H15ClN4OS. The van der Waals surface area contributed by atoms with Crippen molar-refractivity contribution in [2.24, 2.45) is 0 Å². The lowest BCUT2D eigenvalue weighted by Gasteiger charge is -2.12. The summed E-state index contributed by atoms with van der Waals surface area (Å²) in [5.41, 5.74) is 1.61. The number of pyridine rings is 1. The van der Waals surface area contributed by atoms with E-state index >= 15 is 0 Å². The number of ether oxygens (including phenoxy) is 1. The van der Waals surface area contributed by atoms with Gasteiger partial charge in [-0.05, 0) is 43.3 Å². The lowest BCUT2D eigenvalue weighted by atomic mass is 10.2. The molecule has 0 atom stereocenters. The van der Waals surface area contributed by atoms with E-state index in [1.165, 1.54) is 4.88 Å². The zero-order chi connectivity index (χ0) is 18.1. The van der Waals surface area contributed by atoms with Crippen molar-refractivity contribution in [3.05, 3.63) is 58.7 Å². The molecule has 0 saturated heterocycles. The minimum Gasteiger partial charge on any atom is -0.495 e. The fourth-order valence-electron chi connectivity index (χ4n) is 2.67. The Hall–Kier alpha value is -2.70. The average molecular weight is 383 g/mol. The lowest BCUT2D eigenvalue weighted by Crippen LogP contribution is -2.00. The number of thiophene rings is 1. The zero-order valence-corrected chi connectivity index (χ0v) is 15.7. The van der Waals surface area contributed by atoms with Gasteiger partial charge in [0.25, 0.3) is 0 Å². The van der Waals surface area contributed by atoms with E-state index in [1.807, 2.05) is 24.3 Å². The van der Waals surface area contributed by atoms with Crippen LogP contribution in [0, 0.1) is 6.92 Å². The van der Waals surface area contributed by atoms with Crippen LogP contribution in [0.3, 0.4) is 0 Å². The van der Waals surface area contributed by atoms with Crippen molar-refractivity contribution in [2.45, 2.75) is 6.92 Å². The number of hydrogen-bond acceptors (Lipinski definition) is 6. The Morgan fingerprint density at radius 1 is 1.15 bits per heavy atom. The third-order valence-electron chi connectivity index (χ3n) is 3.85. The maximum Gasteiger partial charge on any atom is 0.164 e. The Balaban J connectivity index is 1.87. The molecule has 0 spiro atoms. The number of anilines is 2. The Bertz CT molecular complexity index is 1080. The summed E-state index contributed by atoms with van der Waals surface area (Å²) in [6.07, 6.45) is 3.48. The topological polar surface area (TPSA) is 59.9 Å². The predicted molar refractivity (Wildman–Crippen MR) is 107 cm³/mol. The van der Waals surface area contributed by atoms with Gasteiger partial charge in [-0.3, -0.25) is 4.98 Å². The minimum absolute atomic E-state index is 0.618. The number of nitrogens with one attached hydrogen (secondary N) is 1. The summed E-state index contributed by atoms with van der Waals surface area (Å²) in [5, 5.41) is 4.93. The van der Waals surface area contributed by atoms with Gasteiger partial charge in [0, 0.05) is 27.9 Å². The van der Waals surface area contributed by atoms with Crippen molar-refractivity contribution in [3.8, 4) is 17.1 Å². The SMILES string of the molecule is COc1ccc(Cl)cc1Nc1nc(-c2cccnc2)nc2sc(C)cc12. The van der Waals surface area contributed by atoms with E-state index in [2.05, 4.69) is 23.3 Å². The van der Waals surface area contributed by atoms with Crippen molar-refractivity contribution in [1.29, 1.82) is 0 Å². The van der Waals surface area contributed by atoms with Gasteiger partial charge in [-0.2, -0.15) is 0 Å². The van der Waals surface area contributed by atoms with Crippen LogP contribution in [0.4, 0.5) is 11.5 Å². The molecule has 1 aromatic carbocycles. The highest BCUT2D eigenvalue weighted by Crippen LogP contribution is 2.35. The Morgan fingerprint density at radius 2 is 2.04 bits per heavy atom. The molecule has 7 heteroatoms. The van der Waals surface area contributed by atoms with Crippen LogP contribution >= 0.6 is 22.9 Å². The summed E-state index contributed by atoms with van der Waals surface area (Å²) in [5.74, 6) is 2.02. The molecule has 0 unspecified atom stereocenters. The molecule has 130 valence electrons. The second kappa shape index (κ2) is 6.90. The largest absolute Gasteiger partial charge is 0.495 e. The molecule has 4 rings (SSSR count). The molecule has 0 aliphatic carbocycles. The van der Waals surface area contributed by atoms with Crippen LogP contribution in [0.2, 0.25) is 5.02 Å². The quantitative estimate of drug-likeness (QED) is 0.507. The number of aromatic nitrogens is 3. The maximum atomic E-state index is 6.16. The lowest BCUT2D eigenvalue weighted by molar-refractivity contribution is 0.417. The normalized spacial score (nSPS) is 10.9. The van der Waals surface area contributed by atoms with Crippen LogP contribution in [0.15, 0.2) is 48.8 Å². The van der Waals surface area contributed by atoms with Gasteiger partial charge in [-0.25, -0.2) is 9.97 Å². The fraction of sp³-hybridized carbons (Fsp3) is 0.105. The number of nitrogens with zero attached hydrogens (tertiary/aromatic N) is 3. The summed E-state index contributed by atoms with van der Waals surface area (Å²) >= 11 is 7.78. The summed E-state index contributed by atoms with van der Waals surface area (Å²) in [6.45, 7) is 2.06. The molecule has 4 aromatic rings. The van der Waals surface area contributed by atoms with E-state index < -0.39 is 0 Å². The van der Waals surface area contributed by atoms with E-state index in [9.17, 15) is 0 Å². The van der Waals surface area contributed by atoms with Gasteiger partial charge in [-0.15, -0.1) is 11.3 Å². The number of methoxy groups -OCH3 is 1. The minimum atomic E-state index is 0.618. The van der Waals surface area contributed by atoms with Crippen LogP contribution in [0.25, 0.3) is 21.6 Å². The second-order valence-electron chi connectivity index (χ2n) is 5.68. The molecule has 0 radical (unpaired) electrons. The van der Waals surface area contributed by atoms with Gasteiger partial charge in [0.2, 0.25) is 0 Å². The van der Waals surface area contributed by atoms with Gasteiger partial charge >= 0.3 is 0 Å². The Labute approximate surface area is 159 Å². The highest BCUT2D eigenvalue weighted by molar-refractivity contribution is 7.18. The third-order valence-corrected chi connectivity index (χ3v) is 5.03. The van der Waals surface area contributed by atoms with E-state index in [0.29, 0.717) is 22.4 Å². The number of halogens is 1. The van der Waals surface area contributed by atoms with E-state index in [0.717, 1.165) is 21.5 Å². The van der Waals surface area contributed by atoms with Crippen LogP contribution < -0.4 is 10.1 Å². The van der Waals surface area contributed by atoms with Crippen LogP contribution in [0.5, 0.6) is 5.75 Å². The molecule has 0 amide bonds. The number of fused-ring (bicyclic) bond motifs is 1. The molecule has 3 heterocycles. The summed E-state index contributed by atoms with van der Waals surface area (Å²) in [7, 11) is 1.62. The smallest absolute Gasteiger partial charge is 0.164 e. The third kappa shape index (κ3) is 3.21. The van der Waals surface area contributed by atoms with Gasteiger partial charge in [-0.1, -0.05) is 11.6 Å². The highest BCUT2D eigenvalue weighted by atomic mass is 35.5. The van der Waals surface area contributed by atoms with Crippen molar-refractivity contribution < 1.29 is 4.74 Å². The first-order chi connectivity index (χ1) is 12.6.